The average molecular weight is 506 g/mol. The first-order valence-electron chi connectivity index (χ1n) is 10.4. The van der Waals surface area contributed by atoms with Crippen molar-refractivity contribution in [3.8, 4) is 0 Å². The SMILES string of the molecule is CCCC[C](CCCC)(CCCC)[Sn][c]1nccn1S(=O)(=O)NCCCO. The quantitative estimate of drug-likeness (QED) is 0.267. The van der Waals surface area contributed by atoms with Gasteiger partial charge >= 0.3 is 176 Å². The van der Waals surface area contributed by atoms with Gasteiger partial charge in [0.2, 0.25) is 0 Å². The summed E-state index contributed by atoms with van der Waals surface area (Å²) in [6, 6.07) is 0. The fraction of sp³-hybridized carbons (Fsp3) is 0.842. The molecular weight excluding hydrogens is 469 g/mol. The Morgan fingerprint density at radius 3 is 2.11 bits per heavy atom. The summed E-state index contributed by atoms with van der Waals surface area (Å²) in [4.78, 5) is 4.49. The molecule has 27 heavy (non-hydrogen) atoms. The van der Waals surface area contributed by atoms with Crippen molar-refractivity contribution >= 4 is 35.2 Å². The third kappa shape index (κ3) is 8.41. The Bertz CT molecular complexity index is 598. The first-order valence-corrected chi connectivity index (χ1v) is 14.7. The second kappa shape index (κ2) is 13.2. The van der Waals surface area contributed by atoms with Crippen molar-refractivity contribution in [2.45, 2.75) is 88.4 Å². The molecule has 1 rings (SSSR count). The van der Waals surface area contributed by atoms with Gasteiger partial charge in [-0.25, -0.2) is 0 Å². The van der Waals surface area contributed by atoms with Crippen LogP contribution in [0.5, 0.6) is 0 Å². The number of hydrogen-bond acceptors (Lipinski definition) is 4. The van der Waals surface area contributed by atoms with Crippen LogP contribution in [0, 0.1) is 0 Å². The summed E-state index contributed by atoms with van der Waals surface area (Å²) in [5.41, 5.74) is 0. The maximum atomic E-state index is 12.7. The van der Waals surface area contributed by atoms with Gasteiger partial charge < -0.3 is 0 Å². The Hall–Kier alpha value is -0.121. The van der Waals surface area contributed by atoms with Gasteiger partial charge in [-0.15, -0.1) is 0 Å². The number of imidazole rings is 1. The first-order chi connectivity index (χ1) is 12.9. The second-order valence-electron chi connectivity index (χ2n) is 7.24. The van der Waals surface area contributed by atoms with Gasteiger partial charge in [0.25, 0.3) is 0 Å². The van der Waals surface area contributed by atoms with Crippen molar-refractivity contribution in [1.82, 2.24) is 13.7 Å². The molecule has 1 heterocycles. The van der Waals surface area contributed by atoms with E-state index < -0.39 is 31.4 Å². The molecule has 6 nitrogen and oxygen atoms in total. The monoisotopic (exact) mass is 507 g/mol. The summed E-state index contributed by atoms with van der Waals surface area (Å²) >= 11 is -1.23. The van der Waals surface area contributed by atoms with Crippen LogP contribution in [0.1, 0.15) is 85.0 Å². The van der Waals surface area contributed by atoms with E-state index in [0.717, 1.165) is 3.84 Å². The summed E-state index contributed by atoms with van der Waals surface area (Å²) in [6.45, 7) is 6.90. The fourth-order valence-corrected chi connectivity index (χ4v) is 10.5. The molecule has 0 saturated heterocycles. The minimum atomic E-state index is -3.62. The molecular formula is C19H37N3O3SSn. The van der Waals surface area contributed by atoms with E-state index in [1.165, 1.54) is 61.8 Å². The molecule has 0 aliphatic rings. The molecule has 0 aromatic carbocycles. The number of aliphatic hydroxyl groups excluding tert-OH is 1. The van der Waals surface area contributed by atoms with Crippen molar-refractivity contribution in [3.05, 3.63) is 12.4 Å². The predicted molar refractivity (Wildman–Crippen MR) is 113 cm³/mol. The van der Waals surface area contributed by atoms with Crippen LogP contribution in [0.2, 0.25) is 3.43 Å². The van der Waals surface area contributed by atoms with Gasteiger partial charge in [-0.1, -0.05) is 0 Å². The Morgan fingerprint density at radius 1 is 1.07 bits per heavy atom. The fourth-order valence-electron chi connectivity index (χ4n) is 3.27. The number of aliphatic hydroxyl groups is 1. The van der Waals surface area contributed by atoms with E-state index >= 15 is 0 Å². The molecule has 0 bridgehead atoms. The summed E-state index contributed by atoms with van der Waals surface area (Å²) in [7, 11) is -3.62. The Balaban J connectivity index is 3.08. The van der Waals surface area contributed by atoms with Gasteiger partial charge in [0.15, 0.2) is 0 Å². The van der Waals surface area contributed by atoms with E-state index in [1.54, 1.807) is 12.4 Å². The molecule has 0 saturated carbocycles. The Morgan fingerprint density at radius 2 is 1.63 bits per heavy atom. The average Bonchev–Trinajstić information content (AvgIpc) is 3.12. The molecule has 0 amide bonds. The Labute approximate surface area is 175 Å². The summed E-state index contributed by atoms with van der Waals surface area (Å²) < 4.78 is 30.4. The Kier molecular flexibility index (Phi) is 12.2. The molecule has 156 valence electrons. The van der Waals surface area contributed by atoms with E-state index in [9.17, 15) is 8.42 Å². The van der Waals surface area contributed by atoms with Crippen molar-refractivity contribution in [3.63, 3.8) is 0 Å². The molecule has 0 aliphatic carbocycles. The molecule has 0 unspecified atom stereocenters. The normalized spacial score (nSPS) is 12.6. The topological polar surface area (TPSA) is 84.2 Å². The molecule has 0 atom stereocenters. The number of nitrogens with zero attached hydrogens (tertiary/aromatic N) is 2. The summed E-state index contributed by atoms with van der Waals surface area (Å²) in [5, 5.41) is 8.90. The van der Waals surface area contributed by atoms with Crippen molar-refractivity contribution in [1.29, 1.82) is 0 Å². The van der Waals surface area contributed by atoms with Gasteiger partial charge in [-0.2, -0.15) is 0 Å². The van der Waals surface area contributed by atoms with E-state index in [-0.39, 0.29) is 16.6 Å². The summed E-state index contributed by atoms with van der Waals surface area (Å²) in [5.74, 6) is 0. The van der Waals surface area contributed by atoms with Gasteiger partial charge in [0.1, 0.15) is 0 Å². The van der Waals surface area contributed by atoms with Crippen LogP contribution in [0.25, 0.3) is 0 Å². The minimum absolute atomic E-state index is 0.0236. The van der Waals surface area contributed by atoms with Crippen LogP contribution in [-0.2, 0) is 10.2 Å². The van der Waals surface area contributed by atoms with Crippen molar-refractivity contribution in [2.24, 2.45) is 0 Å². The van der Waals surface area contributed by atoms with Gasteiger partial charge in [0, 0.05) is 0 Å². The molecule has 8 heteroatoms. The van der Waals surface area contributed by atoms with Crippen molar-refractivity contribution < 1.29 is 13.5 Å². The zero-order valence-electron chi connectivity index (χ0n) is 17.2. The third-order valence-electron chi connectivity index (χ3n) is 4.89. The number of nitrogens with one attached hydrogen (secondary N) is 1. The van der Waals surface area contributed by atoms with E-state index in [1.807, 2.05) is 0 Å². The van der Waals surface area contributed by atoms with Crippen LogP contribution in [0.15, 0.2) is 12.4 Å². The molecule has 0 spiro atoms. The van der Waals surface area contributed by atoms with Gasteiger partial charge in [0.05, 0.1) is 0 Å². The van der Waals surface area contributed by atoms with E-state index in [2.05, 4.69) is 30.5 Å². The van der Waals surface area contributed by atoms with Crippen LogP contribution in [0.3, 0.4) is 0 Å². The van der Waals surface area contributed by atoms with Crippen LogP contribution < -0.4 is 8.56 Å². The first kappa shape index (κ1) is 24.9. The standard InChI is InChI=1S/C13H27.C6H10N3O3S.Sn/c1-4-7-10-13(11-8-5-2)12-9-6-3;10-5-1-2-8-13(11,12)9-4-3-7-6-9;/h4-12H2,1-3H3;3-4,8,10H,1-2,5H2;. The zero-order valence-corrected chi connectivity index (χ0v) is 20.9. The van der Waals surface area contributed by atoms with E-state index in [4.69, 9.17) is 5.11 Å². The number of hydrogen-bond donors (Lipinski definition) is 2. The molecule has 1 aromatic rings. The van der Waals surface area contributed by atoms with Gasteiger partial charge in [-0.3, -0.25) is 0 Å². The maximum absolute atomic E-state index is 12.7. The molecule has 0 aliphatic heterocycles. The third-order valence-corrected chi connectivity index (χ3v) is 12.1. The molecule has 2 radical (unpaired) electrons. The number of aromatic nitrogens is 2. The van der Waals surface area contributed by atoms with Crippen LogP contribution in [-0.4, -0.2) is 56.8 Å². The molecule has 0 fully saturated rings. The van der Waals surface area contributed by atoms with Crippen LogP contribution >= 0.6 is 0 Å². The van der Waals surface area contributed by atoms with Crippen molar-refractivity contribution in [2.75, 3.05) is 13.2 Å². The predicted octanol–water partition coefficient (Wildman–Crippen LogP) is 3.01. The molecule has 2 N–H and O–H groups in total. The summed E-state index contributed by atoms with van der Waals surface area (Å²) in [6.07, 6.45) is 14.3. The van der Waals surface area contributed by atoms with Crippen LogP contribution in [0.4, 0.5) is 0 Å². The van der Waals surface area contributed by atoms with E-state index in [0.29, 0.717) is 6.42 Å². The van der Waals surface area contributed by atoms with Gasteiger partial charge in [-0.05, 0) is 0 Å². The number of rotatable bonds is 16. The zero-order chi connectivity index (χ0) is 20.2. The second-order valence-corrected chi connectivity index (χ2v) is 13.9. The molecule has 1 aromatic heterocycles. The number of unbranched alkanes of at least 4 members (excludes halogenated alkanes) is 3.